The Bertz CT molecular complexity index is 1360. The van der Waals surface area contributed by atoms with Crippen molar-refractivity contribution in [3.8, 4) is 10.6 Å². The van der Waals surface area contributed by atoms with E-state index in [1.807, 2.05) is 35.6 Å². The average Bonchev–Trinajstić information content (AvgIpc) is 3.59. The highest BCUT2D eigenvalue weighted by Crippen LogP contribution is 2.31. The number of hydrogen-bond donors (Lipinski definition) is 1. The van der Waals surface area contributed by atoms with Gasteiger partial charge in [0.15, 0.2) is 5.65 Å². The highest BCUT2D eigenvalue weighted by atomic mass is 32.1. The van der Waals surface area contributed by atoms with Crippen LogP contribution >= 0.6 is 11.3 Å². The minimum atomic E-state index is -0.233. The molecule has 0 atom stereocenters. The molecule has 0 radical (unpaired) electrons. The molecule has 1 N–H and O–H groups in total. The number of pyridine rings is 1. The van der Waals surface area contributed by atoms with E-state index in [2.05, 4.69) is 23.4 Å². The first-order valence-corrected chi connectivity index (χ1v) is 12.4. The third kappa shape index (κ3) is 4.21. The van der Waals surface area contributed by atoms with Gasteiger partial charge in [0.25, 0.3) is 11.8 Å². The molecule has 4 aromatic rings. The van der Waals surface area contributed by atoms with Crippen LogP contribution in [0.15, 0.2) is 48.7 Å². The van der Waals surface area contributed by atoms with E-state index >= 15 is 0 Å². The fourth-order valence-electron chi connectivity index (χ4n) is 4.28. The molecule has 8 heteroatoms. The molecule has 0 spiro atoms. The molecule has 34 heavy (non-hydrogen) atoms. The minimum Gasteiger partial charge on any atom is -0.339 e. The van der Waals surface area contributed by atoms with Crippen molar-refractivity contribution in [1.29, 1.82) is 0 Å². The smallest absolute Gasteiger partial charge is 0.256 e. The first kappa shape index (κ1) is 22.3. The molecule has 1 aromatic carbocycles. The number of benzene rings is 1. The Hall–Kier alpha value is -3.52. The average molecular weight is 474 g/mol. The molecule has 1 aliphatic heterocycles. The molecule has 3 aromatic heterocycles. The largest absolute Gasteiger partial charge is 0.339 e. The van der Waals surface area contributed by atoms with Gasteiger partial charge in [-0.3, -0.25) is 9.59 Å². The van der Waals surface area contributed by atoms with Gasteiger partial charge in [-0.15, -0.1) is 11.3 Å². The van der Waals surface area contributed by atoms with Gasteiger partial charge in [-0.1, -0.05) is 0 Å². The summed E-state index contributed by atoms with van der Waals surface area (Å²) in [7, 11) is 0. The minimum absolute atomic E-state index is 0.0446. The SMILES string of the molecule is Cc1ccc(-c2cc(C(=O)Nc3ccc(C(=O)N4CCCC4)cc3)c3cnn(C(C)C)c3n2)s1. The Labute approximate surface area is 202 Å². The molecule has 0 unspecified atom stereocenters. The molecule has 1 aliphatic rings. The Morgan fingerprint density at radius 1 is 1.06 bits per heavy atom. The van der Waals surface area contributed by atoms with Crippen LogP contribution in [0.1, 0.15) is 58.3 Å². The molecule has 174 valence electrons. The number of fused-ring (bicyclic) bond motifs is 1. The van der Waals surface area contributed by atoms with Crippen LogP contribution in [-0.4, -0.2) is 44.6 Å². The van der Waals surface area contributed by atoms with Gasteiger partial charge >= 0.3 is 0 Å². The molecule has 0 aliphatic carbocycles. The lowest BCUT2D eigenvalue weighted by molar-refractivity contribution is 0.0792. The van der Waals surface area contributed by atoms with E-state index in [-0.39, 0.29) is 17.9 Å². The predicted octanol–water partition coefficient (Wildman–Crippen LogP) is 5.54. The Kier molecular flexibility index (Phi) is 5.91. The van der Waals surface area contributed by atoms with Gasteiger partial charge in [-0.25, -0.2) is 9.67 Å². The van der Waals surface area contributed by atoms with Gasteiger partial charge in [-0.05, 0) is 76.1 Å². The van der Waals surface area contributed by atoms with Crippen LogP contribution < -0.4 is 5.32 Å². The zero-order chi connectivity index (χ0) is 23.8. The van der Waals surface area contributed by atoms with Crippen LogP contribution in [0.5, 0.6) is 0 Å². The first-order chi connectivity index (χ1) is 16.4. The zero-order valence-electron chi connectivity index (χ0n) is 19.5. The van der Waals surface area contributed by atoms with Crippen LogP contribution in [0.4, 0.5) is 5.69 Å². The Morgan fingerprint density at radius 2 is 1.79 bits per heavy atom. The number of carbonyl (C=O) groups excluding carboxylic acids is 2. The van der Waals surface area contributed by atoms with Crippen molar-refractivity contribution < 1.29 is 9.59 Å². The Morgan fingerprint density at radius 3 is 2.44 bits per heavy atom. The first-order valence-electron chi connectivity index (χ1n) is 11.6. The van der Waals surface area contributed by atoms with Crippen LogP contribution in [0.3, 0.4) is 0 Å². The lowest BCUT2D eigenvalue weighted by Crippen LogP contribution is -2.27. The van der Waals surface area contributed by atoms with E-state index in [1.54, 1.807) is 41.8 Å². The number of nitrogens with zero attached hydrogens (tertiary/aromatic N) is 4. The molecule has 1 fully saturated rings. The summed E-state index contributed by atoms with van der Waals surface area (Å²) in [5.41, 5.74) is 3.24. The quantitative estimate of drug-likeness (QED) is 0.413. The van der Waals surface area contributed by atoms with Gasteiger partial charge in [0.1, 0.15) is 0 Å². The van der Waals surface area contributed by atoms with Gasteiger partial charge in [0.2, 0.25) is 0 Å². The number of amides is 2. The summed E-state index contributed by atoms with van der Waals surface area (Å²) in [4.78, 5) is 34.9. The maximum atomic E-state index is 13.4. The molecule has 0 saturated carbocycles. The molecule has 7 nitrogen and oxygen atoms in total. The van der Waals surface area contributed by atoms with Crippen molar-refractivity contribution in [3.05, 3.63) is 64.7 Å². The van der Waals surface area contributed by atoms with Gasteiger partial charge in [-0.2, -0.15) is 5.10 Å². The highest BCUT2D eigenvalue weighted by Gasteiger charge is 2.21. The third-order valence-electron chi connectivity index (χ3n) is 6.08. The lowest BCUT2D eigenvalue weighted by atomic mass is 10.1. The molecule has 5 rings (SSSR count). The van der Waals surface area contributed by atoms with Gasteiger partial charge < -0.3 is 10.2 Å². The van der Waals surface area contributed by atoms with Crippen molar-refractivity contribution in [2.24, 2.45) is 0 Å². The van der Waals surface area contributed by atoms with Crippen molar-refractivity contribution in [2.75, 3.05) is 18.4 Å². The van der Waals surface area contributed by atoms with Gasteiger partial charge in [0, 0.05) is 35.3 Å². The maximum Gasteiger partial charge on any atom is 0.256 e. The fraction of sp³-hybridized carbons (Fsp3) is 0.308. The third-order valence-corrected chi connectivity index (χ3v) is 7.10. The van der Waals surface area contributed by atoms with Crippen LogP contribution in [-0.2, 0) is 0 Å². The molecular weight excluding hydrogens is 446 g/mol. The number of nitrogens with one attached hydrogen (secondary N) is 1. The molecular formula is C26H27N5O2S. The maximum absolute atomic E-state index is 13.4. The molecule has 1 saturated heterocycles. The number of rotatable bonds is 5. The number of thiophene rings is 1. The summed E-state index contributed by atoms with van der Waals surface area (Å²) in [5, 5.41) is 8.18. The van der Waals surface area contributed by atoms with Crippen LogP contribution in [0.2, 0.25) is 0 Å². The molecule has 0 bridgehead atoms. The number of aryl methyl sites for hydroxylation is 1. The number of anilines is 1. The summed E-state index contributed by atoms with van der Waals surface area (Å²) >= 11 is 1.65. The van der Waals surface area contributed by atoms with Crippen molar-refractivity contribution in [1.82, 2.24) is 19.7 Å². The number of aromatic nitrogens is 3. The second-order valence-electron chi connectivity index (χ2n) is 8.92. The number of likely N-dealkylation sites (tertiary alicyclic amines) is 1. The lowest BCUT2D eigenvalue weighted by Gasteiger charge is -2.15. The summed E-state index contributed by atoms with van der Waals surface area (Å²) in [5.74, 6) is -0.188. The van der Waals surface area contributed by atoms with Crippen molar-refractivity contribution >= 4 is 39.9 Å². The fourth-order valence-corrected chi connectivity index (χ4v) is 5.11. The monoisotopic (exact) mass is 473 g/mol. The second-order valence-corrected chi connectivity index (χ2v) is 10.2. The standard InChI is InChI=1S/C26H27N5O2S/c1-16(2)31-24-21(15-27-31)20(14-22(29-24)23-11-6-17(3)34-23)25(32)28-19-9-7-18(8-10-19)26(33)30-12-4-5-13-30/h6-11,14-16H,4-5,12-13H2,1-3H3,(H,28,32). The summed E-state index contributed by atoms with van der Waals surface area (Å²) in [6.45, 7) is 7.76. The number of hydrogen-bond acceptors (Lipinski definition) is 5. The summed E-state index contributed by atoms with van der Waals surface area (Å²) in [6.07, 6.45) is 3.82. The van der Waals surface area contributed by atoms with Crippen molar-refractivity contribution in [3.63, 3.8) is 0 Å². The normalized spacial score (nSPS) is 13.7. The Balaban J connectivity index is 1.46. The summed E-state index contributed by atoms with van der Waals surface area (Å²) < 4.78 is 1.84. The van der Waals surface area contributed by atoms with Crippen LogP contribution in [0.25, 0.3) is 21.6 Å². The zero-order valence-corrected chi connectivity index (χ0v) is 20.4. The second kappa shape index (κ2) is 9.02. The van der Waals surface area contributed by atoms with Crippen LogP contribution in [0, 0.1) is 6.92 Å². The predicted molar refractivity (Wildman–Crippen MR) is 135 cm³/mol. The topological polar surface area (TPSA) is 80.1 Å². The molecule has 4 heterocycles. The molecule has 2 amide bonds. The summed E-state index contributed by atoms with van der Waals surface area (Å²) in [6, 6.07) is 13.1. The van der Waals surface area contributed by atoms with E-state index in [0.717, 1.165) is 36.5 Å². The van der Waals surface area contributed by atoms with Crippen molar-refractivity contribution in [2.45, 2.75) is 39.7 Å². The van der Waals surface area contributed by atoms with E-state index in [1.165, 1.54) is 4.88 Å². The highest BCUT2D eigenvalue weighted by molar-refractivity contribution is 7.15. The van der Waals surface area contributed by atoms with E-state index in [9.17, 15) is 9.59 Å². The number of carbonyl (C=O) groups is 2. The van der Waals surface area contributed by atoms with E-state index in [0.29, 0.717) is 27.8 Å². The van der Waals surface area contributed by atoms with E-state index < -0.39 is 0 Å². The van der Waals surface area contributed by atoms with Gasteiger partial charge in [0.05, 0.1) is 27.7 Å². The van der Waals surface area contributed by atoms with E-state index in [4.69, 9.17) is 4.98 Å².